The molecule has 2 saturated carbocycles. The van der Waals surface area contributed by atoms with Crippen LogP contribution in [-0.4, -0.2) is 29.1 Å². The molecule has 2 aliphatic carbocycles. The van der Waals surface area contributed by atoms with Crippen molar-refractivity contribution in [3.05, 3.63) is 22.2 Å². The summed E-state index contributed by atoms with van der Waals surface area (Å²) in [6, 6.07) is 2.19. The topological polar surface area (TPSA) is 75.0 Å². The lowest BCUT2D eigenvalue weighted by Gasteiger charge is -2.38. The molecule has 1 aromatic heterocycles. The second kappa shape index (κ2) is 5.33. The van der Waals surface area contributed by atoms with Crippen molar-refractivity contribution >= 4 is 5.82 Å². The van der Waals surface area contributed by atoms with E-state index in [9.17, 15) is 4.79 Å². The first-order valence-corrected chi connectivity index (χ1v) is 7.36. The number of nitrogens with one attached hydrogen (secondary N) is 1. The van der Waals surface area contributed by atoms with Gasteiger partial charge in [-0.3, -0.25) is 4.79 Å². The van der Waals surface area contributed by atoms with Crippen molar-refractivity contribution in [1.82, 2.24) is 9.97 Å². The maximum absolute atomic E-state index is 11.8. The van der Waals surface area contributed by atoms with E-state index in [0.29, 0.717) is 18.5 Å². The second-order valence-electron chi connectivity index (χ2n) is 5.68. The number of anilines is 1. The Bertz CT molecular complexity index is 490. The highest BCUT2D eigenvalue weighted by molar-refractivity contribution is 5.40. The van der Waals surface area contributed by atoms with Crippen LogP contribution < -0.4 is 16.2 Å². The number of aromatic nitrogens is 2. The van der Waals surface area contributed by atoms with E-state index in [1.54, 1.807) is 6.07 Å². The molecule has 0 saturated heterocycles. The van der Waals surface area contributed by atoms with Crippen molar-refractivity contribution in [3.63, 3.8) is 0 Å². The largest absolute Gasteiger partial charge is 0.353 e. The summed E-state index contributed by atoms with van der Waals surface area (Å²) in [7, 11) is 0. The van der Waals surface area contributed by atoms with Crippen LogP contribution in [-0.2, 0) is 0 Å². The molecule has 1 aromatic rings. The molecule has 0 unspecified atom stereocenters. The average Bonchev–Trinajstić information content (AvgIpc) is 3.15. The number of rotatable bonds is 6. The molecule has 0 aliphatic heterocycles. The van der Waals surface area contributed by atoms with E-state index in [2.05, 4.69) is 14.9 Å². The summed E-state index contributed by atoms with van der Waals surface area (Å²) in [5, 5.41) is 0. The third-order valence-electron chi connectivity index (χ3n) is 4.12. The molecule has 3 N–H and O–H groups in total. The summed E-state index contributed by atoms with van der Waals surface area (Å²) >= 11 is 0. The van der Waals surface area contributed by atoms with Crippen LogP contribution in [0.3, 0.4) is 0 Å². The number of H-pyrrole nitrogens is 1. The van der Waals surface area contributed by atoms with Crippen molar-refractivity contribution in [3.8, 4) is 0 Å². The van der Waals surface area contributed by atoms with E-state index in [0.717, 1.165) is 37.4 Å². The van der Waals surface area contributed by atoms with Crippen molar-refractivity contribution in [2.45, 2.75) is 50.5 Å². The number of nitrogens with zero attached hydrogens (tertiary/aromatic N) is 2. The van der Waals surface area contributed by atoms with E-state index < -0.39 is 0 Å². The molecular weight excluding hydrogens is 240 g/mol. The first-order valence-electron chi connectivity index (χ1n) is 7.36. The Morgan fingerprint density at radius 2 is 2.16 bits per heavy atom. The standard InChI is InChI=1S/C14H22N4O/c15-7-2-8-18(11-3-1-4-11)12-9-13(19)17-14(16-12)10-5-6-10/h9-11H,1-8,15H2,(H,16,17,19). The van der Waals surface area contributed by atoms with Gasteiger partial charge in [-0.1, -0.05) is 0 Å². The van der Waals surface area contributed by atoms with Crippen molar-refractivity contribution in [2.24, 2.45) is 5.73 Å². The van der Waals surface area contributed by atoms with Gasteiger partial charge < -0.3 is 15.6 Å². The molecule has 2 aliphatic rings. The van der Waals surface area contributed by atoms with Crippen molar-refractivity contribution in [2.75, 3.05) is 18.0 Å². The van der Waals surface area contributed by atoms with Gasteiger partial charge in [-0.15, -0.1) is 0 Å². The molecule has 2 fully saturated rings. The third kappa shape index (κ3) is 2.81. The molecule has 0 amide bonds. The first kappa shape index (κ1) is 12.7. The molecule has 19 heavy (non-hydrogen) atoms. The van der Waals surface area contributed by atoms with Gasteiger partial charge in [-0.2, -0.15) is 0 Å². The minimum Gasteiger partial charge on any atom is -0.353 e. The van der Waals surface area contributed by atoms with Crippen LogP contribution in [0.15, 0.2) is 10.9 Å². The van der Waals surface area contributed by atoms with Crippen LogP contribution >= 0.6 is 0 Å². The molecule has 0 bridgehead atoms. The third-order valence-corrected chi connectivity index (χ3v) is 4.12. The van der Waals surface area contributed by atoms with E-state index in [1.807, 2.05) is 0 Å². The predicted octanol–water partition coefficient (Wildman–Crippen LogP) is 1.35. The van der Waals surface area contributed by atoms with Gasteiger partial charge in [0.1, 0.15) is 11.6 Å². The molecular formula is C14H22N4O. The van der Waals surface area contributed by atoms with E-state index >= 15 is 0 Å². The van der Waals surface area contributed by atoms with Gasteiger partial charge in [-0.05, 0) is 45.1 Å². The Morgan fingerprint density at radius 3 is 2.74 bits per heavy atom. The normalized spacial score (nSPS) is 19.2. The fraction of sp³-hybridized carbons (Fsp3) is 0.714. The van der Waals surface area contributed by atoms with Gasteiger partial charge in [0.25, 0.3) is 5.56 Å². The molecule has 0 spiro atoms. The van der Waals surface area contributed by atoms with Crippen molar-refractivity contribution in [1.29, 1.82) is 0 Å². The maximum atomic E-state index is 11.8. The molecule has 0 radical (unpaired) electrons. The summed E-state index contributed by atoms with van der Waals surface area (Å²) in [4.78, 5) is 21.7. The van der Waals surface area contributed by atoms with Crippen LogP contribution in [0.1, 0.15) is 50.3 Å². The van der Waals surface area contributed by atoms with Crippen LogP contribution in [0.5, 0.6) is 0 Å². The quantitative estimate of drug-likeness (QED) is 0.811. The van der Waals surface area contributed by atoms with E-state index in [4.69, 9.17) is 5.73 Å². The van der Waals surface area contributed by atoms with Crippen LogP contribution in [0, 0.1) is 0 Å². The Balaban J connectivity index is 1.85. The maximum Gasteiger partial charge on any atom is 0.252 e. The highest BCUT2D eigenvalue weighted by Crippen LogP contribution is 2.38. The molecule has 104 valence electrons. The Morgan fingerprint density at radius 1 is 1.37 bits per heavy atom. The lowest BCUT2D eigenvalue weighted by molar-refractivity contribution is 0.382. The smallest absolute Gasteiger partial charge is 0.252 e. The number of hydrogen-bond acceptors (Lipinski definition) is 4. The van der Waals surface area contributed by atoms with E-state index in [1.165, 1.54) is 19.3 Å². The molecule has 0 atom stereocenters. The number of nitrogens with two attached hydrogens (primary N) is 1. The van der Waals surface area contributed by atoms with Gasteiger partial charge in [-0.25, -0.2) is 4.98 Å². The highest BCUT2D eigenvalue weighted by atomic mass is 16.1. The predicted molar refractivity (Wildman–Crippen MR) is 75.5 cm³/mol. The summed E-state index contributed by atoms with van der Waals surface area (Å²) < 4.78 is 0. The highest BCUT2D eigenvalue weighted by Gasteiger charge is 2.29. The lowest BCUT2D eigenvalue weighted by Crippen LogP contribution is -2.42. The van der Waals surface area contributed by atoms with Gasteiger partial charge >= 0.3 is 0 Å². The molecule has 0 aromatic carbocycles. The molecule has 5 heteroatoms. The van der Waals surface area contributed by atoms with Crippen LogP contribution in [0.4, 0.5) is 5.82 Å². The minimum atomic E-state index is -0.0241. The number of hydrogen-bond donors (Lipinski definition) is 2. The fourth-order valence-corrected chi connectivity index (χ4v) is 2.60. The SMILES string of the molecule is NCCCN(c1cc(=O)[nH]c(C2CC2)n1)C1CCC1. The van der Waals surface area contributed by atoms with E-state index in [-0.39, 0.29) is 5.56 Å². The zero-order valence-electron chi connectivity index (χ0n) is 11.3. The Hall–Kier alpha value is -1.36. The van der Waals surface area contributed by atoms with Gasteiger partial charge in [0, 0.05) is 24.6 Å². The first-order chi connectivity index (χ1) is 9.28. The van der Waals surface area contributed by atoms with Gasteiger partial charge in [0.15, 0.2) is 0 Å². The zero-order chi connectivity index (χ0) is 13.2. The summed E-state index contributed by atoms with van der Waals surface area (Å²) in [5.41, 5.74) is 5.59. The lowest BCUT2D eigenvalue weighted by atomic mass is 9.91. The zero-order valence-corrected chi connectivity index (χ0v) is 11.3. The van der Waals surface area contributed by atoms with Crippen LogP contribution in [0.25, 0.3) is 0 Å². The Kier molecular flexibility index (Phi) is 3.55. The fourth-order valence-electron chi connectivity index (χ4n) is 2.60. The summed E-state index contributed by atoms with van der Waals surface area (Å²) in [6.45, 7) is 1.59. The average molecular weight is 262 g/mol. The Labute approximate surface area is 113 Å². The van der Waals surface area contributed by atoms with Crippen LogP contribution in [0.2, 0.25) is 0 Å². The second-order valence-corrected chi connectivity index (χ2v) is 5.68. The summed E-state index contributed by atoms with van der Waals surface area (Å²) in [6.07, 6.45) is 6.94. The molecule has 1 heterocycles. The molecule has 3 rings (SSSR count). The number of aromatic amines is 1. The minimum absolute atomic E-state index is 0.0241. The monoisotopic (exact) mass is 262 g/mol. The van der Waals surface area contributed by atoms with Gasteiger partial charge in [0.05, 0.1) is 0 Å². The van der Waals surface area contributed by atoms with Gasteiger partial charge in [0.2, 0.25) is 0 Å². The summed E-state index contributed by atoms with van der Waals surface area (Å²) in [5.74, 6) is 2.20. The van der Waals surface area contributed by atoms with Crippen molar-refractivity contribution < 1.29 is 0 Å². The molecule has 5 nitrogen and oxygen atoms in total.